The summed E-state index contributed by atoms with van der Waals surface area (Å²) in [5, 5.41) is 5.67. The zero-order valence-corrected chi connectivity index (χ0v) is 17.2. The van der Waals surface area contributed by atoms with Gasteiger partial charge in [-0.05, 0) is 25.3 Å². The van der Waals surface area contributed by atoms with E-state index in [1.54, 1.807) is 6.92 Å². The van der Waals surface area contributed by atoms with Gasteiger partial charge in [-0.1, -0.05) is 30.3 Å². The number of nitrogens with zero attached hydrogens (tertiary/aromatic N) is 2. The van der Waals surface area contributed by atoms with Crippen LogP contribution in [0.2, 0.25) is 0 Å². The highest BCUT2D eigenvalue weighted by Crippen LogP contribution is 2.31. The highest BCUT2D eigenvalue weighted by molar-refractivity contribution is 5.95. The largest absolute Gasteiger partial charge is 0.463 e. The summed E-state index contributed by atoms with van der Waals surface area (Å²) in [7, 11) is 0. The van der Waals surface area contributed by atoms with Crippen LogP contribution in [-0.2, 0) is 14.3 Å². The van der Waals surface area contributed by atoms with E-state index in [0.29, 0.717) is 44.0 Å². The van der Waals surface area contributed by atoms with Crippen molar-refractivity contribution in [2.75, 3.05) is 39.3 Å². The molecule has 4 rings (SSSR count). The molecule has 0 spiro atoms. The van der Waals surface area contributed by atoms with Crippen molar-refractivity contribution in [1.82, 2.24) is 20.4 Å². The number of urea groups is 1. The molecule has 8 nitrogen and oxygen atoms in total. The fourth-order valence-electron chi connectivity index (χ4n) is 4.03. The second-order valence-electron chi connectivity index (χ2n) is 7.93. The highest BCUT2D eigenvalue weighted by Gasteiger charge is 2.36. The lowest BCUT2D eigenvalue weighted by molar-refractivity contribution is -0.139. The van der Waals surface area contributed by atoms with E-state index in [2.05, 4.69) is 15.5 Å². The lowest BCUT2D eigenvalue weighted by atomic mass is 9.95. The SMILES string of the molecule is CCOC(=O)C1=C(CN2CCN(C(=O)C3CC3)CC2)NC(=O)NC1c1ccccc1. The number of rotatable bonds is 6. The van der Waals surface area contributed by atoms with Crippen molar-refractivity contribution in [3.63, 3.8) is 0 Å². The quantitative estimate of drug-likeness (QED) is 0.690. The number of hydrogen-bond donors (Lipinski definition) is 2. The van der Waals surface area contributed by atoms with Crippen molar-refractivity contribution < 1.29 is 19.1 Å². The Kier molecular flexibility index (Phi) is 6.03. The Bertz CT molecular complexity index is 842. The molecule has 0 radical (unpaired) electrons. The molecule has 1 saturated heterocycles. The second-order valence-corrected chi connectivity index (χ2v) is 7.93. The molecule has 3 amide bonds. The van der Waals surface area contributed by atoms with Gasteiger partial charge in [0.25, 0.3) is 0 Å². The molecule has 1 unspecified atom stereocenters. The van der Waals surface area contributed by atoms with Crippen molar-refractivity contribution in [2.45, 2.75) is 25.8 Å². The van der Waals surface area contributed by atoms with Gasteiger partial charge in [0.1, 0.15) is 0 Å². The topological polar surface area (TPSA) is 91.0 Å². The number of benzene rings is 1. The minimum Gasteiger partial charge on any atom is -0.463 e. The average Bonchev–Trinajstić information content (AvgIpc) is 3.59. The Morgan fingerprint density at radius 2 is 1.80 bits per heavy atom. The van der Waals surface area contributed by atoms with Crippen LogP contribution in [-0.4, -0.2) is 67.0 Å². The fraction of sp³-hybridized carbons (Fsp3) is 0.500. The third kappa shape index (κ3) is 4.48. The fourth-order valence-corrected chi connectivity index (χ4v) is 4.03. The molecule has 30 heavy (non-hydrogen) atoms. The van der Waals surface area contributed by atoms with E-state index in [1.165, 1.54) is 0 Å². The summed E-state index contributed by atoms with van der Waals surface area (Å²) in [6, 6.07) is 8.51. The molecule has 2 heterocycles. The van der Waals surface area contributed by atoms with Crippen LogP contribution in [0.15, 0.2) is 41.6 Å². The minimum atomic E-state index is -0.563. The number of carbonyl (C=O) groups is 3. The molecule has 0 bridgehead atoms. The Morgan fingerprint density at radius 3 is 2.43 bits per heavy atom. The predicted molar refractivity (Wildman–Crippen MR) is 110 cm³/mol. The Balaban J connectivity index is 1.53. The molecule has 2 N–H and O–H groups in total. The first-order valence-corrected chi connectivity index (χ1v) is 10.6. The summed E-state index contributed by atoms with van der Waals surface area (Å²) >= 11 is 0. The van der Waals surface area contributed by atoms with Crippen molar-refractivity contribution in [3.05, 3.63) is 47.2 Å². The summed E-state index contributed by atoms with van der Waals surface area (Å²) in [5.41, 5.74) is 1.82. The zero-order valence-electron chi connectivity index (χ0n) is 17.2. The van der Waals surface area contributed by atoms with Gasteiger partial charge in [0.15, 0.2) is 0 Å². The first-order chi connectivity index (χ1) is 14.6. The number of carbonyl (C=O) groups excluding carboxylic acids is 3. The van der Waals surface area contributed by atoms with E-state index in [-0.39, 0.29) is 24.5 Å². The van der Waals surface area contributed by atoms with Crippen LogP contribution in [0.3, 0.4) is 0 Å². The molecule has 0 aromatic heterocycles. The molecule has 8 heteroatoms. The van der Waals surface area contributed by atoms with Crippen LogP contribution in [0, 0.1) is 5.92 Å². The van der Waals surface area contributed by atoms with Crippen molar-refractivity contribution in [3.8, 4) is 0 Å². The average molecular weight is 412 g/mol. The summed E-state index contributed by atoms with van der Waals surface area (Å²) in [4.78, 5) is 41.6. The van der Waals surface area contributed by atoms with Gasteiger partial charge in [-0.2, -0.15) is 0 Å². The highest BCUT2D eigenvalue weighted by atomic mass is 16.5. The summed E-state index contributed by atoms with van der Waals surface area (Å²) < 4.78 is 5.31. The third-order valence-electron chi connectivity index (χ3n) is 5.77. The molecule has 3 aliphatic rings. The lowest BCUT2D eigenvalue weighted by Crippen LogP contribution is -2.52. The minimum absolute atomic E-state index is 0.227. The van der Waals surface area contributed by atoms with E-state index in [4.69, 9.17) is 4.74 Å². The van der Waals surface area contributed by atoms with E-state index < -0.39 is 12.0 Å². The van der Waals surface area contributed by atoms with Gasteiger partial charge in [-0.15, -0.1) is 0 Å². The first-order valence-electron chi connectivity index (χ1n) is 10.6. The van der Waals surface area contributed by atoms with Crippen LogP contribution in [0.25, 0.3) is 0 Å². The predicted octanol–water partition coefficient (Wildman–Crippen LogP) is 1.41. The van der Waals surface area contributed by atoms with Crippen molar-refractivity contribution in [2.24, 2.45) is 5.92 Å². The van der Waals surface area contributed by atoms with Gasteiger partial charge in [0.05, 0.1) is 18.2 Å². The summed E-state index contributed by atoms with van der Waals surface area (Å²) in [5.74, 6) is 0.0572. The van der Waals surface area contributed by atoms with Crippen LogP contribution in [0.5, 0.6) is 0 Å². The molecular formula is C22H28N4O4. The van der Waals surface area contributed by atoms with Gasteiger partial charge in [0, 0.05) is 44.3 Å². The Labute approximate surface area is 176 Å². The smallest absolute Gasteiger partial charge is 0.338 e. The number of nitrogens with one attached hydrogen (secondary N) is 2. The Morgan fingerprint density at radius 1 is 1.10 bits per heavy atom. The number of piperazine rings is 1. The number of esters is 1. The van der Waals surface area contributed by atoms with Crippen LogP contribution >= 0.6 is 0 Å². The van der Waals surface area contributed by atoms with Crippen LogP contribution < -0.4 is 10.6 Å². The van der Waals surface area contributed by atoms with Gasteiger partial charge in [0.2, 0.25) is 5.91 Å². The maximum Gasteiger partial charge on any atom is 0.338 e. The first kappa shape index (κ1) is 20.4. The van der Waals surface area contributed by atoms with E-state index in [0.717, 1.165) is 18.4 Å². The number of hydrogen-bond acceptors (Lipinski definition) is 5. The van der Waals surface area contributed by atoms with Crippen molar-refractivity contribution in [1.29, 1.82) is 0 Å². The molecule has 1 aromatic carbocycles. The zero-order chi connectivity index (χ0) is 21.1. The summed E-state index contributed by atoms with van der Waals surface area (Å²) in [6.45, 7) is 5.20. The summed E-state index contributed by atoms with van der Waals surface area (Å²) in [6.07, 6.45) is 2.02. The van der Waals surface area contributed by atoms with Gasteiger partial charge >= 0.3 is 12.0 Å². The molecular weight excluding hydrogens is 384 g/mol. The normalized spacial score (nSPS) is 22.4. The lowest BCUT2D eigenvalue weighted by Gasteiger charge is -2.37. The molecule has 1 atom stereocenters. The Hall–Kier alpha value is -2.87. The maximum atomic E-state index is 12.8. The van der Waals surface area contributed by atoms with Gasteiger partial charge < -0.3 is 20.3 Å². The number of amides is 3. The van der Waals surface area contributed by atoms with Gasteiger partial charge in [-0.25, -0.2) is 9.59 Å². The third-order valence-corrected chi connectivity index (χ3v) is 5.77. The molecule has 2 aliphatic heterocycles. The standard InChI is InChI=1S/C22H28N4O4/c1-2-30-21(28)18-17(23-22(29)24-19(18)15-6-4-3-5-7-15)14-25-10-12-26(13-11-25)20(27)16-8-9-16/h3-7,16,19H,2,8-14H2,1H3,(H2,23,24,29). The van der Waals surface area contributed by atoms with E-state index in [9.17, 15) is 14.4 Å². The van der Waals surface area contributed by atoms with Gasteiger partial charge in [-0.3, -0.25) is 9.69 Å². The maximum absolute atomic E-state index is 12.8. The van der Waals surface area contributed by atoms with Crippen LogP contribution in [0.4, 0.5) is 4.79 Å². The monoisotopic (exact) mass is 412 g/mol. The number of ether oxygens (including phenoxy) is 1. The molecule has 1 saturated carbocycles. The van der Waals surface area contributed by atoms with Crippen LogP contribution in [0.1, 0.15) is 31.4 Å². The van der Waals surface area contributed by atoms with E-state index in [1.807, 2.05) is 35.2 Å². The second kappa shape index (κ2) is 8.87. The molecule has 1 aliphatic carbocycles. The molecule has 1 aromatic rings. The molecule has 2 fully saturated rings. The van der Waals surface area contributed by atoms with E-state index >= 15 is 0 Å². The molecule has 160 valence electrons. The van der Waals surface area contributed by atoms with Crippen molar-refractivity contribution >= 4 is 17.9 Å².